The molecule has 2 rings (SSSR count). The van der Waals surface area contributed by atoms with Crippen molar-refractivity contribution < 1.29 is 43.2 Å². The summed E-state index contributed by atoms with van der Waals surface area (Å²) in [5, 5.41) is 9.73. The number of carbonyl (C=O) groups excluding carboxylic acids is 3. The molecule has 0 saturated heterocycles. The van der Waals surface area contributed by atoms with E-state index in [4.69, 9.17) is 24.7 Å². The Morgan fingerprint density at radius 3 is 1.98 bits per heavy atom. The number of benzene rings is 1. The zero-order valence-electron chi connectivity index (χ0n) is 25.1. The summed E-state index contributed by atoms with van der Waals surface area (Å²) in [6.07, 6.45) is 4.68. The SMILES string of the molecule is CC(C)CCC(=O)Oc1ccc(C(CC(C)OC(=O)OC2CCCCC2)[C@H](N)C(=O)O)cc1OC(=O)CCC(C)C. The summed E-state index contributed by atoms with van der Waals surface area (Å²) in [5.41, 5.74) is 6.51. The smallest absolute Gasteiger partial charge is 0.480 e. The number of carboxylic acids is 1. The van der Waals surface area contributed by atoms with Crippen LogP contribution in [-0.2, 0) is 23.9 Å². The fourth-order valence-electron chi connectivity index (χ4n) is 4.66. The molecule has 41 heavy (non-hydrogen) atoms. The second kappa shape index (κ2) is 17.0. The Kier molecular flexibility index (Phi) is 14.1. The Hall–Kier alpha value is -3.14. The van der Waals surface area contributed by atoms with Crippen LogP contribution in [0, 0.1) is 11.8 Å². The van der Waals surface area contributed by atoms with Crippen molar-refractivity contribution in [2.24, 2.45) is 17.6 Å². The third-order valence-corrected chi connectivity index (χ3v) is 7.11. The van der Waals surface area contributed by atoms with Gasteiger partial charge in [0.1, 0.15) is 18.2 Å². The molecular formula is C31H47NO9. The first kappa shape index (κ1) is 34.1. The molecular weight excluding hydrogens is 530 g/mol. The second-order valence-corrected chi connectivity index (χ2v) is 11.8. The number of hydrogen-bond donors (Lipinski definition) is 2. The minimum Gasteiger partial charge on any atom is -0.480 e. The number of rotatable bonds is 15. The van der Waals surface area contributed by atoms with Crippen molar-refractivity contribution in [2.45, 2.75) is 123 Å². The summed E-state index contributed by atoms with van der Waals surface area (Å²) in [6.45, 7) is 9.61. The molecule has 0 aromatic heterocycles. The van der Waals surface area contributed by atoms with Crippen molar-refractivity contribution in [1.82, 2.24) is 0 Å². The van der Waals surface area contributed by atoms with Crippen LogP contribution in [0.5, 0.6) is 11.5 Å². The molecule has 0 aliphatic heterocycles. The predicted molar refractivity (Wildman–Crippen MR) is 153 cm³/mol. The summed E-state index contributed by atoms with van der Waals surface area (Å²) in [5.74, 6) is -2.38. The third kappa shape index (κ3) is 12.5. The fourth-order valence-corrected chi connectivity index (χ4v) is 4.66. The second-order valence-electron chi connectivity index (χ2n) is 11.8. The van der Waals surface area contributed by atoms with Gasteiger partial charge in [-0.05, 0) is 81.4 Å². The van der Waals surface area contributed by atoms with Gasteiger partial charge >= 0.3 is 24.1 Å². The van der Waals surface area contributed by atoms with Crippen molar-refractivity contribution in [3.8, 4) is 11.5 Å². The maximum absolute atomic E-state index is 12.6. The van der Waals surface area contributed by atoms with Gasteiger partial charge in [0.15, 0.2) is 11.5 Å². The van der Waals surface area contributed by atoms with E-state index in [1.54, 1.807) is 13.0 Å². The van der Waals surface area contributed by atoms with Gasteiger partial charge in [0.05, 0.1) is 0 Å². The summed E-state index contributed by atoms with van der Waals surface area (Å²) in [4.78, 5) is 49.4. The van der Waals surface area contributed by atoms with Gasteiger partial charge in [-0.1, -0.05) is 40.2 Å². The Morgan fingerprint density at radius 1 is 0.878 bits per heavy atom. The molecule has 10 heteroatoms. The Balaban J connectivity index is 2.26. The molecule has 3 atom stereocenters. The Morgan fingerprint density at radius 2 is 1.44 bits per heavy atom. The molecule has 2 unspecified atom stereocenters. The van der Waals surface area contributed by atoms with Crippen LogP contribution >= 0.6 is 0 Å². The molecule has 10 nitrogen and oxygen atoms in total. The van der Waals surface area contributed by atoms with E-state index >= 15 is 0 Å². The van der Waals surface area contributed by atoms with Crippen molar-refractivity contribution >= 4 is 24.1 Å². The Bertz CT molecular complexity index is 1020. The zero-order chi connectivity index (χ0) is 30.5. The van der Waals surface area contributed by atoms with E-state index in [-0.39, 0.29) is 42.8 Å². The lowest BCUT2D eigenvalue weighted by atomic mass is 9.87. The molecule has 1 aliphatic rings. The molecule has 1 aromatic rings. The highest BCUT2D eigenvalue weighted by atomic mass is 16.7. The van der Waals surface area contributed by atoms with E-state index < -0.39 is 42.1 Å². The van der Waals surface area contributed by atoms with Gasteiger partial charge in [-0.2, -0.15) is 0 Å². The minimum absolute atomic E-state index is 0.00187. The Labute approximate surface area is 243 Å². The summed E-state index contributed by atoms with van der Waals surface area (Å²) in [6, 6.07) is 3.17. The number of esters is 2. The molecule has 0 amide bonds. The third-order valence-electron chi connectivity index (χ3n) is 7.11. The number of hydrogen-bond acceptors (Lipinski definition) is 9. The van der Waals surface area contributed by atoms with E-state index in [0.29, 0.717) is 24.3 Å². The lowest BCUT2D eigenvalue weighted by Gasteiger charge is -2.26. The average molecular weight is 578 g/mol. The average Bonchev–Trinajstić information content (AvgIpc) is 2.90. The molecule has 3 N–H and O–H groups in total. The van der Waals surface area contributed by atoms with Gasteiger partial charge in [0.2, 0.25) is 0 Å². The largest absolute Gasteiger partial charge is 0.508 e. The van der Waals surface area contributed by atoms with Crippen LogP contribution in [0.4, 0.5) is 4.79 Å². The maximum Gasteiger partial charge on any atom is 0.508 e. The topological polar surface area (TPSA) is 151 Å². The zero-order valence-corrected chi connectivity index (χ0v) is 25.1. The van der Waals surface area contributed by atoms with Crippen molar-refractivity contribution in [1.29, 1.82) is 0 Å². The first-order valence-corrected chi connectivity index (χ1v) is 14.8. The highest BCUT2D eigenvalue weighted by Crippen LogP contribution is 2.35. The van der Waals surface area contributed by atoms with Crippen LogP contribution in [0.3, 0.4) is 0 Å². The van der Waals surface area contributed by atoms with E-state index in [0.717, 1.165) is 32.1 Å². The van der Waals surface area contributed by atoms with Crippen LogP contribution in [0.1, 0.15) is 110 Å². The number of aliphatic carboxylic acids is 1. The summed E-state index contributed by atoms with van der Waals surface area (Å²) >= 11 is 0. The number of nitrogens with two attached hydrogens (primary N) is 1. The predicted octanol–water partition coefficient (Wildman–Crippen LogP) is 6.13. The van der Waals surface area contributed by atoms with Gasteiger partial charge in [-0.15, -0.1) is 0 Å². The van der Waals surface area contributed by atoms with E-state index in [1.165, 1.54) is 12.1 Å². The van der Waals surface area contributed by atoms with Crippen LogP contribution in [0.2, 0.25) is 0 Å². The molecule has 1 aromatic carbocycles. The van der Waals surface area contributed by atoms with Gasteiger partial charge in [0, 0.05) is 18.8 Å². The van der Waals surface area contributed by atoms with Crippen molar-refractivity contribution in [3.63, 3.8) is 0 Å². The van der Waals surface area contributed by atoms with Crippen molar-refractivity contribution in [3.05, 3.63) is 23.8 Å². The quantitative estimate of drug-likeness (QED) is 0.184. The first-order valence-electron chi connectivity index (χ1n) is 14.8. The van der Waals surface area contributed by atoms with Crippen LogP contribution < -0.4 is 15.2 Å². The molecule has 1 saturated carbocycles. The molecule has 0 spiro atoms. The van der Waals surface area contributed by atoms with Gasteiger partial charge < -0.3 is 29.8 Å². The number of carbonyl (C=O) groups is 4. The number of carboxylic acid groups (broad SMARTS) is 1. The molecule has 0 radical (unpaired) electrons. The summed E-state index contributed by atoms with van der Waals surface area (Å²) in [7, 11) is 0. The highest BCUT2D eigenvalue weighted by Gasteiger charge is 2.31. The first-order chi connectivity index (χ1) is 19.3. The van der Waals surface area contributed by atoms with E-state index in [2.05, 4.69) is 0 Å². The van der Waals surface area contributed by atoms with Gasteiger partial charge in [-0.3, -0.25) is 14.4 Å². The number of ether oxygens (including phenoxy) is 4. The normalized spacial score (nSPS) is 16.1. The summed E-state index contributed by atoms with van der Waals surface area (Å²) < 4.78 is 22.0. The van der Waals surface area contributed by atoms with E-state index in [9.17, 15) is 24.3 Å². The van der Waals surface area contributed by atoms with Crippen LogP contribution in [0.25, 0.3) is 0 Å². The highest BCUT2D eigenvalue weighted by molar-refractivity contribution is 5.77. The lowest BCUT2D eigenvalue weighted by Crippen LogP contribution is -2.38. The standard InChI is InChI=1S/C31H47NO9/c1-19(2)11-15-27(33)40-25-14-13-22(18-26(25)41-28(34)16-12-20(3)4)24(29(32)30(35)36)17-21(5)38-31(37)39-23-9-7-6-8-10-23/h13-14,18-21,23-24,29H,6-12,15-17,32H2,1-5H3,(H,35,36)/t21?,24?,29-/m0/s1. The molecule has 1 fully saturated rings. The van der Waals surface area contributed by atoms with Crippen molar-refractivity contribution in [2.75, 3.05) is 0 Å². The monoisotopic (exact) mass is 577 g/mol. The van der Waals surface area contributed by atoms with Crippen LogP contribution in [0.15, 0.2) is 18.2 Å². The van der Waals surface area contributed by atoms with Crippen LogP contribution in [-0.4, -0.2) is 47.4 Å². The minimum atomic E-state index is -1.35. The maximum atomic E-state index is 12.6. The fraction of sp³-hybridized carbons (Fsp3) is 0.677. The van der Waals surface area contributed by atoms with E-state index in [1.807, 2.05) is 27.7 Å². The molecule has 1 aliphatic carbocycles. The lowest BCUT2D eigenvalue weighted by molar-refractivity contribution is -0.139. The van der Waals surface area contributed by atoms with Gasteiger partial charge in [-0.25, -0.2) is 4.79 Å². The molecule has 0 bridgehead atoms. The van der Waals surface area contributed by atoms with Gasteiger partial charge in [0.25, 0.3) is 0 Å². The molecule has 230 valence electrons. The molecule has 0 heterocycles.